The van der Waals surface area contributed by atoms with Crippen molar-refractivity contribution < 1.29 is 4.79 Å². The van der Waals surface area contributed by atoms with Gasteiger partial charge in [-0.2, -0.15) is 0 Å². The normalized spacial score (nSPS) is 12.8. The Morgan fingerprint density at radius 3 is 2.85 bits per heavy atom. The highest BCUT2D eigenvalue weighted by Gasteiger charge is 2.09. The summed E-state index contributed by atoms with van der Waals surface area (Å²) in [4.78, 5) is 11.5. The summed E-state index contributed by atoms with van der Waals surface area (Å²) in [5, 5.41) is 2.03. The summed E-state index contributed by atoms with van der Waals surface area (Å²) >= 11 is 1.44. The van der Waals surface area contributed by atoms with Crippen molar-refractivity contribution in [3.05, 3.63) is 21.9 Å². The number of carbonyl (C=O) groups is 1. The van der Waals surface area contributed by atoms with Gasteiger partial charge in [-0.1, -0.05) is 20.3 Å². The van der Waals surface area contributed by atoms with Crippen LogP contribution < -0.4 is 5.73 Å². The van der Waals surface area contributed by atoms with Crippen molar-refractivity contribution in [2.75, 3.05) is 0 Å². The minimum absolute atomic E-state index is 0.319. The minimum atomic E-state index is -0.319. The Kier molecular flexibility index (Phi) is 3.48. The van der Waals surface area contributed by atoms with Gasteiger partial charge in [0.15, 0.2) is 0 Å². The van der Waals surface area contributed by atoms with Crippen LogP contribution in [0.3, 0.4) is 0 Å². The molecule has 3 heteroatoms. The van der Waals surface area contributed by atoms with Gasteiger partial charge >= 0.3 is 0 Å². The van der Waals surface area contributed by atoms with E-state index in [0.29, 0.717) is 10.8 Å². The van der Waals surface area contributed by atoms with Crippen molar-refractivity contribution in [2.45, 2.75) is 32.6 Å². The number of hydrogen-bond donors (Lipinski definition) is 1. The second-order valence-electron chi connectivity index (χ2n) is 3.30. The molecule has 1 unspecified atom stereocenters. The van der Waals surface area contributed by atoms with Gasteiger partial charge in [-0.3, -0.25) is 4.79 Å². The zero-order valence-corrected chi connectivity index (χ0v) is 8.86. The highest BCUT2D eigenvalue weighted by molar-refractivity contribution is 7.12. The van der Waals surface area contributed by atoms with Crippen LogP contribution in [-0.4, -0.2) is 5.91 Å². The number of hydrogen-bond acceptors (Lipinski definition) is 2. The molecule has 1 amide bonds. The van der Waals surface area contributed by atoms with E-state index in [-0.39, 0.29) is 5.91 Å². The van der Waals surface area contributed by atoms with E-state index in [4.69, 9.17) is 5.73 Å². The third kappa shape index (κ3) is 2.56. The van der Waals surface area contributed by atoms with E-state index in [1.165, 1.54) is 23.3 Å². The van der Waals surface area contributed by atoms with Crippen LogP contribution in [0, 0.1) is 0 Å². The van der Waals surface area contributed by atoms with Gasteiger partial charge < -0.3 is 5.73 Å². The van der Waals surface area contributed by atoms with E-state index >= 15 is 0 Å². The van der Waals surface area contributed by atoms with Gasteiger partial charge in [-0.05, 0) is 29.3 Å². The molecule has 0 radical (unpaired) electrons. The first-order chi connectivity index (χ1) is 6.15. The van der Waals surface area contributed by atoms with Crippen LogP contribution in [0.1, 0.15) is 47.8 Å². The summed E-state index contributed by atoms with van der Waals surface area (Å²) in [5.74, 6) is 0.217. The van der Waals surface area contributed by atoms with E-state index < -0.39 is 0 Å². The third-order valence-corrected chi connectivity index (χ3v) is 3.12. The van der Waals surface area contributed by atoms with Crippen LogP contribution in [0.25, 0.3) is 0 Å². The predicted molar refractivity (Wildman–Crippen MR) is 56.2 cm³/mol. The number of rotatable bonds is 4. The first kappa shape index (κ1) is 10.3. The molecule has 1 aromatic rings. The summed E-state index contributed by atoms with van der Waals surface area (Å²) in [6.07, 6.45) is 2.33. The van der Waals surface area contributed by atoms with Gasteiger partial charge in [0.25, 0.3) is 5.91 Å². The quantitative estimate of drug-likeness (QED) is 0.792. The molecule has 13 heavy (non-hydrogen) atoms. The molecule has 1 heterocycles. The highest BCUT2D eigenvalue weighted by atomic mass is 32.1. The summed E-state index contributed by atoms with van der Waals surface area (Å²) in [6.45, 7) is 4.34. The monoisotopic (exact) mass is 197 g/mol. The molecule has 2 N–H and O–H groups in total. The van der Waals surface area contributed by atoms with Gasteiger partial charge in [-0.25, -0.2) is 0 Å². The summed E-state index contributed by atoms with van der Waals surface area (Å²) in [7, 11) is 0. The number of primary amides is 1. The molecule has 0 fully saturated rings. The lowest BCUT2D eigenvalue weighted by molar-refractivity contribution is 0.100. The maximum atomic E-state index is 10.8. The molecule has 0 aliphatic heterocycles. The van der Waals surface area contributed by atoms with E-state index in [0.717, 1.165) is 6.42 Å². The van der Waals surface area contributed by atoms with Crippen molar-refractivity contribution in [1.82, 2.24) is 0 Å². The predicted octanol–water partition coefficient (Wildman–Crippen LogP) is 2.75. The van der Waals surface area contributed by atoms with E-state index in [1.807, 2.05) is 11.4 Å². The molecular weight excluding hydrogens is 182 g/mol. The van der Waals surface area contributed by atoms with E-state index in [9.17, 15) is 4.79 Å². The SMILES string of the molecule is CCCC(C)c1csc(C(N)=O)c1. The van der Waals surface area contributed by atoms with Crippen molar-refractivity contribution in [2.24, 2.45) is 5.73 Å². The zero-order chi connectivity index (χ0) is 9.84. The molecule has 0 aliphatic rings. The first-order valence-electron chi connectivity index (χ1n) is 4.53. The summed E-state index contributed by atoms with van der Waals surface area (Å²) in [5.41, 5.74) is 6.41. The molecular formula is C10H15NOS. The summed E-state index contributed by atoms with van der Waals surface area (Å²) in [6, 6.07) is 1.91. The molecule has 0 spiro atoms. The fraction of sp³-hybridized carbons (Fsp3) is 0.500. The molecule has 0 bridgehead atoms. The van der Waals surface area contributed by atoms with Gasteiger partial charge in [-0.15, -0.1) is 11.3 Å². The molecule has 1 atom stereocenters. The molecule has 0 aliphatic carbocycles. The van der Waals surface area contributed by atoms with Gasteiger partial charge in [0.1, 0.15) is 0 Å². The Morgan fingerprint density at radius 1 is 1.69 bits per heavy atom. The standard InChI is InChI=1S/C10H15NOS/c1-3-4-7(2)8-5-9(10(11)12)13-6-8/h5-7H,3-4H2,1-2H3,(H2,11,12). The average molecular weight is 197 g/mol. The van der Waals surface area contributed by atoms with Crippen molar-refractivity contribution in [3.8, 4) is 0 Å². The van der Waals surface area contributed by atoms with Gasteiger partial charge in [0.05, 0.1) is 4.88 Å². The lowest BCUT2D eigenvalue weighted by atomic mass is 9.99. The first-order valence-corrected chi connectivity index (χ1v) is 5.41. The number of nitrogens with two attached hydrogens (primary N) is 1. The molecule has 0 saturated carbocycles. The largest absolute Gasteiger partial charge is 0.365 e. The molecule has 72 valence electrons. The lowest BCUT2D eigenvalue weighted by Crippen LogP contribution is -2.08. The third-order valence-electron chi connectivity index (χ3n) is 2.15. The second kappa shape index (κ2) is 4.42. The Hall–Kier alpha value is -0.830. The molecule has 0 aromatic carbocycles. The Bertz CT molecular complexity index is 293. The molecule has 0 saturated heterocycles. The molecule has 2 nitrogen and oxygen atoms in total. The van der Waals surface area contributed by atoms with Crippen molar-refractivity contribution >= 4 is 17.2 Å². The lowest BCUT2D eigenvalue weighted by Gasteiger charge is -2.05. The van der Waals surface area contributed by atoms with Crippen molar-refractivity contribution in [1.29, 1.82) is 0 Å². The molecule has 1 aromatic heterocycles. The van der Waals surface area contributed by atoms with Crippen LogP contribution in [0.5, 0.6) is 0 Å². The molecule has 1 rings (SSSR count). The van der Waals surface area contributed by atoms with Crippen LogP contribution in [0.4, 0.5) is 0 Å². The topological polar surface area (TPSA) is 43.1 Å². The fourth-order valence-corrected chi connectivity index (χ4v) is 2.22. The van der Waals surface area contributed by atoms with Gasteiger partial charge in [0, 0.05) is 0 Å². The van der Waals surface area contributed by atoms with Crippen LogP contribution in [-0.2, 0) is 0 Å². The highest BCUT2D eigenvalue weighted by Crippen LogP contribution is 2.25. The smallest absolute Gasteiger partial charge is 0.258 e. The average Bonchev–Trinajstić information content (AvgIpc) is 2.52. The number of thiophene rings is 1. The maximum Gasteiger partial charge on any atom is 0.258 e. The fourth-order valence-electron chi connectivity index (χ4n) is 1.34. The van der Waals surface area contributed by atoms with Crippen LogP contribution in [0.2, 0.25) is 0 Å². The zero-order valence-electron chi connectivity index (χ0n) is 8.04. The van der Waals surface area contributed by atoms with Crippen LogP contribution >= 0.6 is 11.3 Å². The Labute approximate surface area is 82.8 Å². The number of amides is 1. The summed E-state index contributed by atoms with van der Waals surface area (Å²) < 4.78 is 0. The number of carbonyl (C=O) groups excluding carboxylic acids is 1. The Morgan fingerprint density at radius 2 is 2.38 bits per heavy atom. The minimum Gasteiger partial charge on any atom is -0.365 e. The van der Waals surface area contributed by atoms with E-state index in [2.05, 4.69) is 13.8 Å². The van der Waals surface area contributed by atoms with E-state index in [1.54, 1.807) is 0 Å². The Balaban J connectivity index is 2.73. The van der Waals surface area contributed by atoms with Crippen LogP contribution in [0.15, 0.2) is 11.4 Å². The second-order valence-corrected chi connectivity index (χ2v) is 4.21. The maximum absolute atomic E-state index is 10.8. The van der Waals surface area contributed by atoms with Crippen molar-refractivity contribution in [3.63, 3.8) is 0 Å². The van der Waals surface area contributed by atoms with Gasteiger partial charge in [0.2, 0.25) is 0 Å².